The van der Waals surface area contributed by atoms with Crippen molar-refractivity contribution < 1.29 is 14.4 Å². The molecule has 0 aliphatic rings. The lowest BCUT2D eigenvalue weighted by Crippen LogP contribution is -2.14. The maximum Gasteiger partial charge on any atom is 0.267 e. The van der Waals surface area contributed by atoms with Gasteiger partial charge < -0.3 is 0 Å². The molecular formula is C12H9FN2O2. The lowest BCUT2D eigenvalue weighted by atomic mass is 10.2. The number of carbonyl (C=O) groups is 1. The minimum atomic E-state index is -0.633. The number of fused-ring (bicyclic) bond motifs is 1. The molecule has 1 amide bonds. The van der Waals surface area contributed by atoms with E-state index in [1.807, 2.05) is 0 Å². The number of nitrogens with one attached hydrogen (secondary N) is 1. The summed E-state index contributed by atoms with van der Waals surface area (Å²) in [5, 5.41) is 8.99. The molecule has 0 bridgehead atoms. The lowest BCUT2D eigenvalue weighted by molar-refractivity contribution is -0.124. The molecule has 5 heteroatoms. The van der Waals surface area contributed by atoms with Crippen molar-refractivity contribution in [3.05, 3.63) is 47.9 Å². The van der Waals surface area contributed by atoms with Crippen molar-refractivity contribution in [1.82, 2.24) is 10.5 Å². The first-order valence-electron chi connectivity index (χ1n) is 4.87. The standard InChI is InChI=1S/C12H9FN2O2/c13-9-2-5-11-8(7-9)1-3-10(14-11)4-6-12(16)15-17/h1-7,17H,(H,15,16)/b6-4+. The second kappa shape index (κ2) is 4.71. The van der Waals surface area contributed by atoms with E-state index in [-0.39, 0.29) is 5.82 Å². The monoisotopic (exact) mass is 232 g/mol. The molecule has 2 rings (SSSR count). The molecule has 0 spiro atoms. The van der Waals surface area contributed by atoms with E-state index >= 15 is 0 Å². The van der Waals surface area contributed by atoms with Crippen LogP contribution in [0.5, 0.6) is 0 Å². The minimum Gasteiger partial charge on any atom is -0.288 e. The number of carbonyl (C=O) groups excluding carboxylic acids is 1. The van der Waals surface area contributed by atoms with E-state index in [0.29, 0.717) is 16.6 Å². The maximum absolute atomic E-state index is 12.9. The molecular weight excluding hydrogens is 223 g/mol. The molecule has 0 aliphatic heterocycles. The Morgan fingerprint density at radius 3 is 2.94 bits per heavy atom. The van der Waals surface area contributed by atoms with E-state index in [9.17, 15) is 9.18 Å². The van der Waals surface area contributed by atoms with Crippen LogP contribution in [0.25, 0.3) is 17.0 Å². The zero-order valence-electron chi connectivity index (χ0n) is 8.72. The first kappa shape index (κ1) is 11.2. The third kappa shape index (κ3) is 2.64. The van der Waals surface area contributed by atoms with Crippen molar-refractivity contribution in [3.63, 3.8) is 0 Å². The van der Waals surface area contributed by atoms with E-state index in [4.69, 9.17) is 5.21 Å². The molecule has 0 saturated heterocycles. The van der Waals surface area contributed by atoms with Crippen LogP contribution in [0.2, 0.25) is 0 Å². The average Bonchev–Trinajstić information content (AvgIpc) is 2.35. The molecule has 1 aromatic carbocycles. The molecule has 0 unspecified atom stereocenters. The Balaban J connectivity index is 2.35. The number of benzene rings is 1. The number of amides is 1. The number of pyridine rings is 1. The Morgan fingerprint density at radius 1 is 1.35 bits per heavy atom. The van der Waals surface area contributed by atoms with Gasteiger partial charge in [-0.3, -0.25) is 10.0 Å². The van der Waals surface area contributed by atoms with Crippen LogP contribution in [0.1, 0.15) is 5.69 Å². The van der Waals surface area contributed by atoms with Crippen molar-refractivity contribution in [2.45, 2.75) is 0 Å². The lowest BCUT2D eigenvalue weighted by Gasteiger charge is -1.99. The van der Waals surface area contributed by atoms with Gasteiger partial charge in [-0.05, 0) is 30.3 Å². The van der Waals surface area contributed by atoms with Crippen LogP contribution in [-0.2, 0) is 4.79 Å². The summed E-state index contributed by atoms with van der Waals surface area (Å²) in [6, 6.07) is 7.64. The molecule has 86 valence electrons. The maximum atomic E-state index is 12.9. The van der Waals surface area contributed by atoms with Gasteiger partial charge in [0, 0.05) is 11.5 Å². The van der Waals surface area contributed by atoms with Gasteiger partial charge in [0.1, 0.15) is 5.82 Å². The van der Waals surface area contributed by atoms with Gasteiger partial charge in [-0.1, -0.05) is 6.07 Å². The highest BCUT2D eigenvalue weighted by atomic mass is 19.1. The number of hydrogen-bond acceptors (Lipinski definition) is 3. The van der Waals surface area contributed by atoms with Crippen molar-refractivity contribution in [2.75, 3.05) is 0 Å². The van der Waals surface area contributed by atoms with Gasteiger partial charge in [-0.25, -0.2) is 14.9 Å². The molecule has 17 heavy (non-hydrogen) atoms. The molecule has 0 radical (unpaired) electrons. The summed E-state index contributed by atoms with van der Waals surface area (Å²) in [4.78, 5) is 15.0. The topological polar surface area (TPSA) is 62.2 Å². The summed E-state index contributed by atoms with van der Waals surface area (Å²) in [6.45, 7) is 0. The van der Waals surface area contributed by atoms with Crippen LogP contribution in [0.4, 0.5) is 4.39 Å². The fourth-order valence-electron chi connectivity index (χ4n) is 1.40. The zero-order valence-corrected chi connectivity index (χ0v) is 8.72. The number of aromatic nitrogens is 1. The highest BCUT2D eigenvalue weighted by molar-refractivity contribution is 5.91. The predicted octanol–water partition coefficient (Wildman–Crippen LogP) is 1.89. The smallest absolute Gasteiger partial charge is 0.267 e. The fourth-order valence-corrected chi connectivity index (χ4v) is 1.40. The Bertz CT molecular complexity index is 596. The third-order valence-electron chi connectivity index (χ3n) is 2.19. The van der Waals surface area contributed by atoms with Crippen LogP contribution in [0.3, 0.4) is 0 Å². The molecule has 0 atom stereocenters. The SMILES string of the molecule is O=C(/C=C/c1ccc2cc(F)ccc2n1)NO. The quantitative estimate of drug-likeness (QED) is 0.472. The van der Waals surface area contributed by atoms with Crippen molar-refractivity contribution in [2.24, 2.45) is 0 Å². The average molecular weight is 232 g/mol. The number of hydrogen-bond donors (Lipinski definition) is 2. The van der Waals surface area contributed by atoms with Gasteiger partial charge in [0.25, 0.3) is 5.91 Å². The summed E-state index contributed by atoms with van der Waals surface area (Å²) >= 11 is 0. The Hall–Kier alpha value is -2.27. The molecule has 0 saturated carbocycles. The fraction of sp³-hybridized carbons (Fsp3) is 0. The van der Waals surface area contributed by atoms with E-state index in [1.165, 1.54) is 23.7 Å². The van der Waals surface area contributed by atoms with Gasteiger partial charge in [-0.2, -0.15) is 0 Å². The van der Waals surface area contributed by atoms with Crippen LogP contribution >= 0.6 is 0 Å². The van der Waals surface area contributed by atoms with Crippen LogP contribution < -0.4 is 5.48 Å². The van der Waals surface area contributed by atoms with E-state index in [2.05, 4.69) is 4.98 Å². The van der Waals surface area contributed by atoms with Crippen molar-refractivity contribution in [1.29, 1.82) is 0 Å². The van der Waals surface area contributed by atoms with Gasteiger partial charge in [-0.15, -0.1) is 0 Å². The molecule has 0 aliphatic carbocycles. The summed E-state index contributed by atoms with van der Waals surface area (Å²) in [5.74, 6) is -0.951. The molecule has 1 heterocycles. The molecule has 0 fully saturated rings. The first-order valence-corrected chi connectivity index (χ1v) is 4.87. The highest BCUT2D eigenvalue weighted by Crippen LogP contribution is 2.14. The van der Waals surface area contributed by atoms with Gasteiger partial charge in [0.2, 0.25) is 0 Å². The van der Waals surface area contributed by atoms with Crippen LogP contribution in [0.15, 0.2) is 36.4 Å². The summed E-state index contributed by atoms with van der Waals surface area (Å²) in [5.41, 5.74) is 2.66. The second-order valence-electron chi connectivity index (χ2n) is 3.38. The molecule has 2 N–H and O–H groups in total. The minimum absolute atomic E-state index is 0.317. The Labute approximate surface area is 96.4 Å². The zero-order chi connectivity index (χ0) is 12.3. The second-order valence-corrected chi connectivity index (χ2v) is 3.38. The van der Waals surface area contributed by atoms with Crippen LogP contribution in [0, 0.1) is 5.82 Å². The number of rotatable bonds is 2. The summed E-state index contributed by atoms with van der Waals surface area (Å²) in [7, 11) is 0. The normalized spacial score (nSPS) is 10.9. The van der Waals surface area contributed by atoms with Crippen molar-refractivity contribution in [3.8, 4) is 0 Å². The van der Waals surface area contributed by atoms with E-state index in [1.54, 1.807) is 18.2 Å². The van der Waals surface area contributed by atoms with Gasteiger partial charge >= 0.3 is 0 Å². The van der Waals surface area contributed by atoms with Gasteiger partial charge in [0.05, 0.1) is 11.2 Å². The molecule has 2 aromatic rings. The predicted molar refractivity (Wildman–Crippen MR) is 60.7 cm³/mol. The van der Waals surface area contributed by atoms with Crippen molar-refractivity contribution >= 4 is 22.9 Å². The van der Waals surface area contributed by atoms with Gasteiger partial charge in [0.15, 0.2) is 0 Å². The number of halogens is 1. The Kier molecular flexibility index (Phi) is 3.11. The third-order valence-corrected chi connectivity index (χ3v) is 2.19. The summed E-state index contributed by atoms with van der Waals surface area (Å²) < 4.78 is 12.9. The van der Waals surface area contributed by atoms with E-state index < -0.39 is 5.91 Å². The van der Waals surface area contributed by atoms with Crippen LogP contribution in [-0.4, -0.2) is 16.1 Å². The number of hydroxylamine groups is 1. The summed E-state index contributed by atoms with van der Waals surface area (Å²) in [6.07, 6.45) is 2.60. The van der Waals surface area contributed by atoms with E-state index in [0.717, 1.165) is 6.08 Å². The molecule has 1 aromatic heterocycles. The highest BCUT2D eigenvalue weighted by Gasteiger charge is 1.98. The Morgan fingerprint density at radius 2 is 2.18 bits per heavy atom. The molecule has 4 nitrogen and oxygen atoms in total. The first-order chi connectivity index (χ1) is 8.19. The number of nitrogens with zero attached hydrogens (tertiary/aromatic N) is 1. The largest absolute Gasteiger partial charge is 0.288 e.